The molecular weight excluding hydrogens is 222 g/mol. The van der Waals surface area contributed by atoms with Crippen LogP contribution in [0.15, 0.2) is 24.4 Å². The molecule has 0 aliphatic rings. The van der Waals surface area contributed by atoms with E-state index in [9.17, 15) is 0 Å². The van der Waals surface area contributed by atoms with Crippen LogP contribution in [0.3, 0.4) is 0 Å². The van der Waals surface area contributed by atoms with Crippen molar-refractivity contribution in [1.82, 2.24) is 14.8 Å². The number of nitrogens with zero attached hydrogens (tertiary/aromatic N) is 2. The van der Waals surface area contributed by atoms with Gasteiger partial charge in [-0.2, -0.15) is 0 Å². The Morgan fingerprint density at radius 3 is 2.77 bits per heavy atom. The molecule has 13 heavy (non-hydrogen) atoms. The Labute approximate surface area is 88.7 Å². The molecule has 0 spiro atoms. The maximum absolute atomic E-state index is 5.10. The van der Waals surface area contributed by atoms with Crippen LogP contribution in [-0.2, 0) is 0 Å². The molecule has 2 aromatic rings. The van der Waals surface area contributed by atoms with Gasteiger partial charge in [-0.05, 0) is 36.6 Å². The zero-order valence-corrected chi connectivity index (χ0v) is 8.88. The van der Waals surface area contributed by atoms with E-state index in [-0.39, 0.29) is 0 Å². The zero-order valence-electron chi connectivity index (χ0n) is 6.43. The largest absolute Gasteiger partial charge is 0.272 e. The highest BCUT2D eigenvalue weighted by Crippen LogP contribution is 2.08. The molecule has 0 unspecified atom stereocenters. The minimum Gasteiger partial charge on any atom is -0.272 e. The van der Waals surface area contributed by atoms with E-state index in [0.717, 1.165) is 5.82 Å². The highest BCUT2D eigenvalue weighted by molar-refractivity contribution is 7.75. The first kappa shape index (κ1) is 8.74. The SMILES string of the molecule is S=c1[nH]n(-c2ccccn2)c(=S)s1. The Hall–Kier alpha value is -0.850. The van der Waals surface area contributed by atoms with Crippen LogP contribution in [0.2, 0.25) is 0 Å². The lowest BCUT2D eigenvalue weighted by atomic mass is 10.5. The maximum Gasteiger partial charge on any atom is 0.184 e. The lowest BCUT2D eigenvalue weighted by Gasteiger charge is -1.97. The second kappa shape index (κ2) is 3.49. The summed E-state index contributed by atoms with van der Waals surface area (Å²) in [4.78, 5) is 4.15. The number of pyridine rings is 1. The first-order valence-corrected chi connectivity index (χ1v) is 5.14. The van der Waals surface area contributed by atoms with Crippen molar-refractivity contribution in [3.05, 3.63) is 32.3 Å². The van der Waals surface area contributed by atoms with Crippen molar-refractivity contribution in [1.29, 1.82) is 0 Å². The first-order chi connectivity index (χ1) is 6.27. The molecule has 2 heterocycles. The summed E-state index contributed by atoms with van der Waals surface area (Å²) in [5.74, 6) is 0.764. The summed E-state index contributed by atoms with van der Waals surface area (Å²) in [5, 5.41) is 2.94. The van der Waals surface area contributed by atoms with E-state index in [4.69, 9.17) is 24.4 Å². The molecular formula is C7H5N3S3. The molecule has 0 amide bonds. The van der Waals surface area contributed by atoms with Crippen LogP contribution in [-0.4, -0.2) is 14.8 Å². The molecule has 0 saturated heterocycles. The van der Waals surface area contributed by atoms with Crippen LogP contribution < -0.4 is 0 Å². The third kappa shape index (κ3) is 1.74. The molecule has 0 atom stereocenters. The Bertz CT molecular complexity index is 508. The summed E-state index contributed by atoms with van der Waals surface area (Å²) >= 11 is 11.4. The van der Waals surface area contributed by atoms with Gasteiger partial charge in [-0.15, -0.1) is 0 Å². The Morgan fingerprint density at radius 1 is 1.38 bits per heavy atom. The van der Waals surface area contributed by atoms with Crippen molar-refractivity contribution in [2.45, 2.75) is 0 Å². The van der Waals surface area contributed by atoms with Crippen molar-refractivity contribution in [2.24, 2.45) is 0 Å². The molecule has 0 aliphatic carbocycles. The van der Waals surface area contributed by atoms with Gasteiger partial charge in [-0.3, -0.25) is 5.10 Å². The predicted molar refractivity (Wildman–Crippen MR) is 57.5 cm³/mol. The van der Waals surface area contributed by atoms with E-state index in [0.29, 0.717) is 7.91 Å². The average Bonchev–Trinajstić information content (AvgIpc) is 2.47. The molecule has 0 aliphatic heterocycles. The molecule has 66 valence electrons. The Balaban J connectivity index is 2.66. The van der Waals surface area contributed by atoms with E-state index in [1.165, 1.54) is 11.3 Å². The van der Waals surface area contributed by atoms with Gasteiger partial charge in [0.05, 0.1) is 0 Å². The number of H-pyrrole nitrogens is 1. The van der Waals surface area contributed by atoms with Crippen LogP contribution in [0, 0.1) is 7.91 Å². The number of hydrogen-bond donors (Lipinski definition) is 1. The standard InChI is InChI=1S/C7H5N3S3/c11-6-9-10(7(12)13-6)5-3-1-2-4-8-5/h1-4H,(H,9,11). The lowest BCUT2D eigenvalue weighted by molar-refractivity contribution is 0.833. The molecule has 2 aromatic heterocycles. The summed E-state index contributed by atoms with van der Waals surface area (Å²) < 4.78 is 3.04. The van der Waals surface area contributed by atoms with E-state index >= 15 is 0 Å². The van der Waals surface area contributed by atoms with Crippen molar-refractivity contribution in [3.63, 3.8) is 0 Å². The van der Waals surface area contributed by atoms with E-state index in [1.54, 1.807) is 10.9 Å². The third-order valence-corrected chi connectivity index (χ3v) is 2.85. The molecule has 3 nitrogen and oxygen atoms in total. The zero-order chi connectivity index (χ0) is 9.26. The minimum absolute atomic E-state index is 0.663. The van der Waals surface area contributed by atoms with Gasteiger partial charge in [-0.1, -0.05) is 17.4 Å². The number of aromatic nitrogens is 3. The number of nitrogens with one attached hydrogen (secondary N) is 1. The molecule has 6 heteroatoms. The van der Waals surface area contributed by atoms with Crippen LogP contribution in [0.1, 0.15) is 0 Å². The lowest BCUT2D eigenvalue weighted by Crippen LogP contribution is -1.97. The summed E-state index contributed by atoms with van der Waals surface area (Å²) in [6.45, 7) is 0. The van der Waals surface area contributed by atoms with Gasteiger partial charge in [0.15, 0.2) is 13.7 Å². The van der Waals surface area contributed by atoms with Gasteiger partial charge in [0, 0.05) is 6.20 Å². The quantitative estimate of drug-likeness (QED) is 0.760. The highest BCUT2D eigenvalue weighted by atomic mass is 32.2. The van der Waals surface area contributed by atoms with Gasteiger partial charge in [0.2, 0.25) is 0 Å². The smallest absolute Gasteiger partial charge is 0.184 e. The monoisotopic (exact) mass is 227 g/mol. The van der Waals surface area contributed by atoms with Crippen LogP contribution in [0.5, 0.6) is 0 Å². The highest BCUT2D eigenvalue weighted by Gasteiger charge is 1.98. The van der Waals surface area contributed by atoms with Crippen molar-refractivity contribution < 1.29 is 0 Å². The summed E-state index contributed by atoms with van der Waals surface area (Å²) in [5.41, 5.74) is 0. The van der Waals surface area contributed by atoms with Gasteiger partial charge in [0.25, 0.3) is 0 Å². The number of hydrogen-bond acceptors (Lipinski definition) is 4. The van der Waals surface area contributed by atoms with Gasteiger partial charge in [-0.25, -0.2) is 9.67 Å². The molecule has 0 aromatic carbocycles. The summed E-state index contributed by atoms with van der Waals surface area (Å²) in [6.07, 6.45) is 1.71. The molecule has 0 radical (unpaired) electrons. The van der Waals surface area contributed by atoms with E-state index in [2.05, 4.69) is 10.1 Å². The fraction of sp³-hybridized carbons (Fsp3) is 0. The van der Waals surface area contributed by atoms with Crippen molar-refractivity contribution in [3.8, 4) is 5.82 Å². The number of rotatable bonds is 1. The van der Waals surface area contributed by atoms with E-state index in [1.807, 2.05) is 18.2 Å². The second-order valence-corrected chi connectivity index (χ2v) is 4.60. The van der Waals surface area contributed by atoms with Crippen molar-refractivity contribution in [2.75, 3.05) is 0 Å². The molecule has 0 bridgehead atoms. The predicted octanol–water partition coefficient (Wildman–Crippen LogP) is 2.72. The third-order valence-electron chi connectivity index (χ3n) is 1.44. The van der Waals surface area contributed by atoms with Crippen LogP contribution in [0.25, 0.3) is 5.82 Å². The Kier molecular flexibility index (Phi) is 2.34. The van der Waals surface area contributed by atoms with Gasteiger partial charge in [0.1, 0.15) is 0 Å². The van der Waals surface area contributed by atoms with Crippen LogP contribution >= 0.6 is 35.8 Å². The summed E-state index contributed by atoms with van der Waals surface area (Å²) in [6, 6.07) is 5.63. The average molecular weight is 227 g/mol. The second-order valence-electron chi connectivity index (χ2n) is 2.29. The first-order valence-electron chi connectivity index (χ1n) is 3.51. The fourth-order valence-electron chi connectivity index (χ4n) is 0.922. The van der Waals surface area contributed by atoms with E-state index < -0.39 is 0 Å². The number of aromatic amines is 1. The Morgan fingerprint density at radius 2 is 2.23 bits per heavy atom. The topological polar surface area (TPSA) is 33.6 Å². The summed E-state index contributed by atoms with van der Waals surface area (Å²) in [7, 11) is 0. The van der Waals surface area contributed by atoms with Crippen LogP contribution in [0.4, 0.5) is 0 Å². The maximum atomic E-state index is 5.10. The molecule has 0 saturated carbocycles. The molecule has 2 rings (SSSR count). The molecule has 1 N–H and O–H groups in total. The minimum atomic E-state index is 0.663. The molecule has 0 fully saturated rings. The van der Waals surface area contributed by atoms with Gasteiger partial charge >= 0.3 is 0 Å². The normalized spacial score (nSPS) is 10.2. The van der Waals surface area contributed by atoms with Crippen molar-refractivity contribution >= 4 is 35.8 Å². The van der Waals surface area contributed by atoms with Gasteiger partial charge < -0.3 is 0 Å². The fourth-order valence-corrected chi connectivity index (χ4v) is 2.32.